The summed E-state index contributed by atoms with van der Waals surface area (Å²) in [6.45, 7) is 3.24. The summed E-state index contributed by atoms with van der Waals surface area (Å²) in [6, 6.07) is 0.735. The number of aryl methyl sites for hydroxylation is 2. The van der Waals surface area contributed by atoms with E-state index in [-0.39, 0.29) is 0 Å². The topological polar surface area (TPSA) is 50.1 Å². The first-order valence-electron chi connectivity index (χ1n) is 6.35. The van der Waals surface area contributed by atoms with E-state index in [1.807, 2.05) is 0 Å². The summed E-state index contributed by atoms with van der Waals surface area (Å²) in [5, 5.41) is 6.69. The lowest BCUT2D eigenvalue weighted by Gasteiger charge is -2.07. The van der Waals surface area contributed by atoms with Crippen molar-refractivity contribution in [2.75, 3.05) is 25.0 Å². The van der Waals surface area contributed by atoms with E-state index in [1.165, 1.54) is 25.0 Å². The molecule has 1 unspecified atom stereocenters. The number of rotatable bonds is 3. The molecule has 1 atom stereocenters. The Morgan fingerprint density at radius 2 is 2.31 bits per heavy atom. The molecular weight excluding hydrogens is 202 g/mol. The van der Waals surface area contributed by atoms with Gasteiger partial charge in [0.2, 0.25) is 0 Å². The SMILES string of the molecule is C1CCc2oc(NCC3CCNC3)nc2C1. The van der Waals surface area contributed by atoms with Gasteiger partial charge in [0.1, 0.15) is 5.76 Å². The van der Waals surface area contributed by atoms with Gasteiger partial charge in [-0.2, -0.15) is 4.98 Å². The molecule has 0 spiro atoms. The van der Waals surface area contributed by atoms with Gasteiger partial charge in [-0.15, -0.1) is 0 Å². The molecule has 0 saturated carbocycles. The normalized spacial score (nSPS) is 24.4. The molecule has 88 valence electrons. The van der Waals surface area contributed by atoms with Crippen molar-refractivity contribution in [3.8, 4) is 0 Å². The van der Waals surface area contributed by atoms with Crippen LogP contribution in [0.2, 0.25) is 0 Å². The van der Waals surface area contributed by atoms with Crippen LogP contribution in [0, 0.1) is 5.92 Å². The highest BCUT2D eigenvalue weighted by atomic mass is 16.4. The summed E-state index contributed by atoms with van der Waals surface area (Å²) in [5.74, 6) is 1.84. The summed E-state index contributed by atoms with van der Waals surface area (Å²) in [5.41, 5.74) is 1.18. The second-order valence-electron chi connectivity index (χ2n) is 4.84. The van der Waals surface area contributed by atoms with Gasteiger partial charge < -0.3 is 15.1 Å². The second kappa shape index (κ2) is 4.45. The molecule has 3 rings (SSSR count). The predicted octanol–water partition coefficient (Wildman–Crippen LogP) is 1.57. The number of fused-ring (bicyclic) bond motifs is 1. The summed E-state index contributed by atoms with van der Waals surface area (Å²) in [7, 11) is 0. The lowest BCUT2D eigenvalue weighted by atomic mass is 10.0. The lowest BCUT2D eigenvalue weighted by molar-refractivity contribution is 0.481. The molecule has 0 bridgehead atoms. The Morgan fingerprint density at radius 3 is 3.12 bits per heavy atom. The molecule has 1 aliphatic heterocycles. The van der Waals surface area contributed by atoms with Crippen LogP contribution in [-0.4, -0.2) is 24.6 Å². The van der Waals surface area contributed by atoms with Crippen molar-refractivity contribution in [2.45, 2.75) is 32.1 Å². The van der Waals surface area contributed by atoms with E-state index in [9.17, 15) is 0 Å². The monoisotopic (exact) mass is 221 g/mol. The Hall–Kier alpha value is -1.03. The van der Waals surface area contributed by atoms with E-state index in [4.69, 9.17) is 4.42 Å². The first-order chi connectivity index (χ1) is 7.92. The fourth-order valence-electron chi connectivity index (χ4n) is 2.55. The summed E-state index contributed by atoms with van der Waals surface area (Å²) in [4.78, 5) is 4.51. The lowest BCUT2D eigenvalue weighted by Crippen LogP contribution is -2.17. The minimum Gasteiger partial charge on any atom is -0.428 e. The van der Waals surface area contributed by atoms with E-state index in [2.05, 4.69) is 15.6 Å². The number of anilines is 1. The van der Waals surface area contributed by atoms with Gasteiger partial charge in [0.25, 0.3) is 6.01 Å². The molecule has 16 heavy (non-hydrogen) atoms. The third-order valence-electron chi connectivity index (χ3n) is 3.55. The van der Waals surface area contributed by atoms with E-state index >= 15 is 0 Å². The molecule has 1 aromatic heterocycles. The maximum Gasteiger partial charge on any atom is 0.295 e. The number of nitrogens with one attached hydrogen (secondary N) is 2. The zero-order chi connectivity index (χ0) is 10.8. The van der Waals surface area contributed by atoms with E-state index in [0.717, 1.165) is 50.2 Å². The maximum atomic E-state index is 5.72. The van der Waals surface area contributed by atoms with Crippen LogP contribution in [0.1, 0.15) is 30.7 Å². The second-order valence-corrected chi connectivity index (χ2v) is 4.84. The van der Waals surface area contributed by atoms with Crippen LogP contribution < -0.4 is 10.6 Å². The van der Waals surface area contributed by atoms with Gasteiger partial charge >= 0.3 is 0 Å². The van der Waals surface area contributed by atoms with Gasteiger partial charge in [0.15, 0.2) is 0 Å². The van der Waals surface area contributed by atoms with Crippen LogP contribution in [0.25, 0.3) is 0 Å². The highest BCUT2D eigenvalue weighted by Gasteiger charge is 2.18. The number of aromatic nitrogens is 1. The molecule has 1 saturated heterocycles. The molecule has 0 amide bonds. The van der Waals surface area contributed by atoms with Gasteiger partial charge in [-0.1, -0.05) is 0 Å². The summed E-state index contributed by atoms with van der Waals surface area (Å²) >= 11 is 0. The van der Waals surface area contributed by atoms with Crippen LogP contribution in [0.3, 0.4) is 0 Å². The number of nitrogens with zero attached hydrogens (tertiary/aromatic N) is 1. The van der Waals surface area contributed by atoms with Crippen molar-refractivity contribution in [2.24, 2.45) is 5.92 Å². The van der Waals surface area contributed by atoms with Crippen molar-refractivity contribution in [1.29, 1.82) is 0 Å². The maximum absolute atomic E-state index is 5.72. The summed E-state index contributed by atoms with van der Waals surface area (Å²) < 4.78 is 5.72. The third-order valence-corrected chi connectivity index (χ3v) is 3.55. The largest absolute Gasteiger partial charge is 0.428 e. The summed E-state index contributed by atoms with van der Waals surface area (Å²) in [6.07, 6.45) is 5.91. The third kappa shape index (κ3) is 2.07. The van der Waals surface area contributed by atoms with Crippen LogP contribution >= 0.6 is 0 Å². The zero-order valence-electron chi connectivity index (χ0n) is 9.59. The van der Waals surface area contributed by atoms with Crippen LogP contribution in [0.5, 0.6) is 0 Å². The van der Waals surface area contributed by atoms with E-state index < -0.39 is 0 Å². The van der Waals surface area contributed by atoms with Crippen molar-refractivity contribution in [3.05, 3.63) is 11.5 Å². The van der Waals surface area contributed by atoms with Crippen molar-refractivity contribution >= 4 is 6.01 Å². The van der Waals surface area contributed by atoms with Crippen molar-refractivity contribution in [3.63, 3.8) is 0 Å². The number of oxazole rings is 1. The van der Waals surface area contributed by atoms with Gasteiger partial charge in [-0.25, -0.2) is 0 Å². The number of hydrogen-bond donors (Lipinski definition) is 2. The molecule has 0 radical (unpaired) electrons. The Labute approximate surface area is 95.8 Å². The Balaban J connectivity index is 1.59. The first-order valence-corrected chi connectivity index (χ1v) is 6.35. The van der Waals surface area contributed by atoms with Crippen molar-refractivity contribution < 1.29 is 4.42 Å². The highest BCUT2D eigenvalue weighted by Crippen LogP contribution is 2.24. The minimum absolute atomic E-state index is 0.726. The Morgan fingerprint density at radius 1 is 1.38 bits per heavy atom. The smallest absolute Gasteiger partial charge is 0.295 e. The van der Waals surface area contributed by atoms with E-state index in [0.29, 0.717) is 0 Å². The average molecular weight is 221 g/mol. The molecule has 0 aromatic carbocycles. The van der Waals surface area contributed by atoms with Crippen molar-refractivity contribution in [1.82, 2.24) is 10.3 Å². The molecule has 2 N–H and O–H groups in total. The Bertz CT molecular complexity index is 332. The fraction of sp³-hybridized carbons (Fsp3) is 0.750. The molecule has 2 heterocycles. The van der Waals surface area contributed by atoms with E-state index in [1.54, 1.807) is 0 Å². The molecule has 1 fully saturated rings. The molecule has 1 aromatic rings. The molecule has 4 heteroatoms. The zero-order valence-corrected chi connectivity index (χ0v) is 9.59. The first kappa shape index (κ1) is 10.1. The standard InChI is InChI=1S/C12H19N3O/c1-2-4-11-10(3-1)15-12(16-11)14-8-9-5-6-13-7-9/h9,13H,1-8H2,(H,14,15). The van der Waals surface area contributed by atoms with Crippen LogP contribution in [-0.2, 0) is 12.8 Å². The van der Waals surface area contributed by atoms with Crippen LogP contribution in [0.4, 0.5) is 6.01 Å². The van der Waals surface area contributed by atoms with Crippen LogP contribution in [0.15, 0.2) is 4.42 Å². The van der Waals surface area contributed by atoms with Gasteiger partial charge in [0, 0.05) is 13.0 Å². The fourth-order valence-corrected chi connectivity index (χ4v) is 2.55. The highest BCUT2D eigenvalue weighted by molar-refractivity contribution is 5.27. The van der Waals surface area contributed by atoms with Gasteiger partial charge in [-0.3, -0.25) is 0 Å². The molecule has 4 nitrogen and oxygen atoms in total. The molecular formula is C12H19N3O. The quantitative estimate of drug-likeness (QED) is 0.813. The predicted molar refractivity (Wildman–Crippen MR) is 62.6 cm³/mol. The average Bonchev–Trinajstić information content (AvgIpc) is 2.95. The van der Waals surface area contributed by atoms with Gasteiger partial charge in [0.05, 0.1) is 5.69 Å². The number of hydrogen-bond acceptors (Lipinski definition) is 4. The van der Waals surface area contributed by atoms with Gasteiger partial charge in [-0.05, 0) is 44.7 Å². The Kier molecular flexibility index (Phi) is 2.82. The minimum atomic E-state index is 0.726. The molecule has 1 aliphatic carbocycles. The molecule has 2 aliphatic rings.